The lowest BCUT2D eigenvalue weighted by atomic mass is 10.2. The van der Waals surface area contributed by atoms with E-state index < -0.39 is 17.5 Å². The Morgan fingerprint density at radius 1 is 0.842 bits per heavy atom. The topological polar surface area (TPSA) is 107 Å². The summed E-state index contributed by atoms with van der Waals surface area (Å²) in [5, 5.41) is 37.1. The highest BCUT2D eigenvalue weighted by Gasteiger charge is 2.16. The Morgan fingerprint density at radius 3 is 2.00 bits per heavy atom. The van der Waals surface area contributed by atoms with Crippen molar-refractivity contribution >= 4 is 5.97 Å². The van der Waals surface area contributed by atoms with Crippen molar-refractivity contribution in [1.82, 2.24) is 0 Å². The van der Waals surface area contributed by atoms with Crippen molar-refractivity contribution in [3.8, 4) is 28.7 Å². The average Bonchev–Trinajstić information content (AvgIpc) is 2.32. The molecule has 0 saturated heterocycles. The van der Waals surface area contributed by atoms with Gasteiger partial charge in [0.05, 0.1) is 0 Å². The van der Waals surface area contributed by atoms with Gasteiger partial charge in [0.25, 0.3) is 0 Å². The molecule has 0 unspecified atom stereocenters. The molecule has 2 rings (SSSR count). The van der Waals surface area contributed by atoms with E-state index in [1.165, 1.54) is 24.3 Å². The number of carbonyl (C=O) groups excluding carboxylic acids is 1. The third kappa shape index (κ3) is 2.68. The van der Waals surface area contributed by atoms with Crippen LogP contribution in [0.1, 0.15) is 10.4 Å². The second-order valence-corrected chi connectivity index (χ2v) is 3.74. The van der Waals surface area contributed by atoms with Gasteiger partial charge in [-0.05, 0) is 24.3 Å². The predicted molar refractivity (Wildman–Crippen MR) is 64.5 cm³/mol. The average molecular weight is 262 g/mol. The van der Waals surface area contributed by atoms with Crippen LogP contribution in [0.25, 0.3) is 0 Å². The first-order valence-corrected chi connectivity index (χ1v) is 5.23. The highest BCUT2D eigenvalue weighted by molar-refractivity contribution is 5.94. The molecule has 0 saturated carbocycles. The third-order valence-corrected chi connectivity index (χ3v) is 2.35. The first kappa shape index (κ1) is 12.6. The Labute approximate surface area is 107 Å². The Bertz CT molecular complexity index is 635. The zero-order chi connectivity index (χ0) is 14.0. The van der Waals surface area contributed by atoms with Gasteiger partial charge in [-0.3, -0.25) is 0 Å². The maximum atomic E-state index is 11.7. The number of hydrogen-bond acceptors (Lipinski definition) is 6. The van der Waals surface area contributed by atoms with Gasteiger partial charge >= 0.3 is 5.97 Å². The lowest BCUT2D eigenvalue weighted by molar-refractivity contribution is 0.0726. The Hall–Kier alpha value is -2.89. The molecule has 98 valence electrons. The van der Waals surface area contributed by atoms with E-state index in [0.29, 0.717) is 0 Å². The summed E-state index contributed by atoms with van der Waals surface area (Å²) in [4.78, 5) is 11.7. The lowest BCUT2D eigenvalue weighted by Gasteiger charge is -2.07. The van der Waals surface area contributed by atoms with Crippen LogP contribution in [-0.4, -0.2) is 26.4 Å². The quantitative estimate of drug-likeness (QED) is 0.485. The van der Waals surface area contributed by atoms with Crippen LogP contribution in [0.5, 0.6) is 28.7 Å². The summed E-state index contributed by atoms with van der Waals surface area (Å²) in [5.41, 5.74) is -0.162. The van der Waals surface area contributed by atoms with Crippen LogP contribution < -0.4 is 4.74 Å². The molecule has 6 nitrogen and oxygen atoms in total. The molecule has 6 heteroatoms. The second kappa shape index (κ2) is 4.77. The normalized spacial score (nSPS) is 10.1. The molecule has 2 aromatic rings. The van der Waals surface area contributed by atoms with Crippen molar-refractivity contribution in [1.29, 1.82) is 0 Å². The van der Waals surface area contributed by atoms with Gasteiger partial charge in [0, 0.05) is 12.1 Å². The van der Waals surface area contributed by atoms with E-state index in [2.05, 4.69) is 0 Å². The highest BCUT2D eigenvalue weighted by Crippen LogP contribution is 2.31. The van der Waals surface area contributed by atoms with Crippen molar-refractivity contribution in [2.45, 2.75) is 0 Å². The number of phenolic OH excluding ortho intramolecular Hbond substituents is 4. The number of ether oxygens (including phenoxy) is 1. The molecule has 0 spiro atoms. The third-order valence-electron chi connectivity index (χ3n) is 2.35. The zero-order valence-electron chi connectivity index (χ0n) is 9.57. The molecule has 0 aliphatic carbocycles. The van der Waals surface area contributed by atoms with E-state index in [1.807, 2.05) is 0 Å². The number of rotatable bonds is 2. The first-order valence-electron chi connectivity index (χ1n) is 5.23. The van der Waals surface area contributed by atoms with Gasteiger partial charge in [-0.2, -0.15) is 0 Å². The molecule has 0 aliphatic rings. The SMILES string of the molecule is O=C(Oc1ccc(O)cc1O)c1ccc(O)cc1O. The van der Waals surface area contributed by atoms with Crippen molar-refractivity contribution in [2.75, 3.05) is 0 Å². The molecule has 0 aliphatic heterocycles. The van der Waals surface area contributed by atoms with E-state index >= 15 is 0 Å². The molecule has 0 amide bonds. The maximum Gasteiger partial charge on any atom is 0.347 e. The minimum absolute atomic E-state index is 0.157. The Morgan fingerprint density at radius 2 is 1.42 bits per heavy atom. The van der Waals surface area contributed by atoms with E-state index in [0.717, 1.165) is 12.1 Å². The predicted octanol–water partition coefficient (Wildman–Crippen LogP) is 1.73. The number of phenols is 4. The standard InChI is InChI=1S/C13H10O6/c14-7-1-3-9(10(16)5-7)13(18)19-12-4-2-8(15)6-11(12)17/h1-6,14-17H. The molecule has 0 bridgehead atoms. The second-order valence-electron chi connectivity index (χ2n) is 3.74. The van der Waals surface area contributed by atoms with Crippen LogP contribution in [0.4, 0.5) is 0 Å². The first-order chi connectivity index (χ1) is 8.97. The highest BCUT2D eigenvalue weighted by atomic mass is 16.5. The van der Waals surface area contributed by atoms with Gasteiger partial charge in [0.2, 0.25) is 0 Å². The molecular weight excluding hydrogens is 252 g/mol. The van der Waals surface area contributed by atoms with Gasteiger partial charge in [-0.1, -0.05) is 0 Å². The van der Waals surface area contributed by atoms with Gasteiger partial charge in [-0.25, -0.2) is 4.79 Å². The van der Waals surface area contributed by atoms with Crippen LogP contribution in [-0.2, 0) is 0 Å². The summed E-state index contributed by atoms with van der Waals surface area (Å²) >= 11 is 0. The van der Waals surface area contributed by atoms with Crippen molar-refractivity contribution in [3.05, 3.63) is 42.0 Å². The molecule has 0 radical (unpaired) electrons. The number of esters is 1. The summed E-state index contributed by atoms with van der Waals surface area (Å²) in [6.07, 6.45) is 0. The van der Waals surface area contributed by atoms with E-state index in [4.69, 9.17) is 14.9 Å². The summed E-state index contributed by atoms with van der Waals surface area (Å²) in [5.74, 6) is -2.28. The molecule has 0 fully saturated rings. The van der Waals surface area contributed by atoms with Crippen LogP contribution in [0.3, 0.4) is 0 Å². The van der Waals surface area contributed by atoms with Crippen molar-refractivity contribution < 1.29 is 30.0 Å². The van der Waals surface area contributed by atoms with Crippen LogP contribution in [0.2, 0.25) is 0 Å². The molecule has 0 heterocycles. The number of hydrogen-bond donors (Lipinski definition) is 4. The lowest BCUT2D eigenvalue weighted by Crippen LogP contribution is -2.08. The fraction of sp³-hybridized carbons (Fsp3) is 0. The smallest absolute Gasteiger partial charge is 0.347 e. The number of carbonyl (C=O) groups is 1. The fourth-order valence-electron chi connectivity index (χ4n) is 1.44. The molecule has 4 N–H and O–H groups in total. The Kier molecular flexibility index (Phi) is 3.15. The van der Waals surface area contributed by atoms with Gasteiger partial charge < -0.3 is 25.2 Å². The van der Waals surface area contributed by atoms with Gasteiger partial charge in [0.15, 0.2) is 11.5 Å². The van der Waals surface area contributed by atoms with E-state index in [9.17, 15) is 15.0 Å². The van der Waals surface area contributed by atoms with Gasteiger partial charge in [0.1, 0.15) is 22.8 Å². The fourth-order valence-corrected chi connectivity index (χ4v) is 1.44. The maximum absolute atomic E-state index is 11.7. The van der Waals surface area contributed by atoms with E-state index in [-0.39, 0.29) is 22.8 Å². The molecular formula is C13H10O6. The summed E-state index contributed by atoms with van der Waals surface area (Å²) < 4.78 is 4.87. The minimum atomic E-state index is -0.904. The largest absolute Gasteiger partial charge is 0.508 e. The van der Waals surface area contributed by atoms with Crippen LogP contribution in [0, 0.1) is 0 Å². The summed E-state index contributed by atoms with van der Waals surface area (Å²) in [7, 11) is 0. The van der Waals surface area contributed by atoms with Crippen molar-refractivity contribution in [3.63, 3.8) is 0 Å². The van der Waals surface area contributed by atoms with Gasteiger partial charge in [-0.15, -0.1) is 0 Å². The van der Waals surface area contributed by atoms with Crippen LogP contribution >= 0.6 is 0 Å². The molecule has 2 aromatic carbocycles. The monoisotopic (exact) mass is 262 g/mol. The van der Waals surface area contributed by atoms with Crippen molar-refractivity contribution in [2.24, 2.45) is 0 Å². The van der Waals surface area contributed by atoms with E-state index in [1.54, 1.807) is 0 Å². The molecule has 0 atom stereocenters. The summed E-state index contributed by atoms with van der Waals surface area (Å²) in [6, 6.07) is 6.85. The molecule has 19 heavy (non-hydrogen) atoms. The zero-order valence-corrected chi connectivity index (χ0v) is 9.57. The minimum Gasteiger partial charge on any atom is -0.508 e. The van der Waals surface area contributed by atoms with Crippen LogP contribution in [0.15, 0.2) is 36.4 Å². The molecule has 0 aromatic heterocycles. The number of aromatic hydroxyl groups is 4. The summed E-state index contributed by atoms with van der Waals surface area (Å²) in [6.45, 7) is 0. The number of benzene rings is 2. The Balaban J connectivity index is 2.25.